The van der Waals surface area contributed by atoms with Gasteiger partial charge >= 0.3 is 12.0 Å². The molecule has 4 N–H and O–H groups in total. The van der Waals surface area contributed by atoms with Crippen molar-refractivity contribution in [3.63, 3.8) is 0 Å². The zero-order valence-electron chi connectivity index (χ0n) is 26.0. The first-order valence-electron chi connectivity index (χ1n) is 14.5. The second-order valence-corrected chi connectivity index (χ2v) is 13.7. The van der Waals surface area contributed by atoms with E-state index in [-0.39, 0.29) is 57.0 Å². The molecule has 0 bridgehead atoms. The van der Waals surface area contributed by atoms with Gasteiger partial charge in [0.25, 0.3) is 20.2 Å². The average Bonchev–Trinajstić information content (AvgIpc) is 3.07. The Morgan fingerprint density at radius 2 is 0.923 bits per heavy atom. The van der Waals surface area contributed by atoms with E-state index in [9.17, 15) is 25.9 Å². The molecule has 0 atom stereocenters. The van der Waals surface area contributed by atoms with Crippen molar-refractivity contribution >= 4 is 78.9 Å². The number of nitrogens with one attached hydrogen (secondary N) is 2. The molecular weight excluding hydrogens is 759 g/mol. The molecule has 6 aromatic rings. The fourth-order valence-electron chi connectivity index (χ4n) is 4.44. The van der Waals surface area contributed by atoms with Crippen LogP contribution in [-0.2, 0) is 20.2 Å². The van der Waals surface area contributed by atoms with Crippen LogP contribution in [0.3, 0.4) is 0 Å². The van der Waals surface area contributed by atoms with E-state index in [0.29, 0.717) is 11.5 Å². The molecule has 0 fully saturated rings. The fourth-order valence-corrected chi connectivity index (χ4v) is 6.16. The first kappa shape index (κ1) is 36.0. The molecule has 0 aliphatic carbocycles. The minimum Gasteiger partial charge on any atom is -0.424 e. The third-order valence-corrected chi connectivity index (χ3v) is 8.77. The van der Waals surface area contributed by atoms with Crippen molar-refractivity contribution in [2.24, 2.45) is 0 Å². The minimum absolute atomic E-state index is 0.0379. The Morgan fingerprint density at radius 3 is 1.29 bits per heavy atom. The molecule has 0 spiro atoms. The Kier molecular flexibility index (Phi) is 10.6. The van der Waals surface area contributed by atoms with Crippen LogP contribution in [0.4, 0.5) is 23.3 Å². The number of para-hydroxylation sites is 2. The smallest absolute Gasteiger partial charge is 0.328 e. The van der Waals surface area contributed by atoms with Crippen LogP contribution in [-0.4, -0.2) is 55.8 Å². The van der Waals surface area contributed by atoms with E-state index < -0.39 is 30.0 Å². The summed E-state index contributed by atoms with van der Waals surface area (Å²) in [4.78, 5) is 22.9. The number of aromatic nitrogens is 6. The van der Waals surface area contributed by atoms with Gasteiger partial charge in [-0.2, -0.15) is 46.7 Å². The van der Waals surface area contributed by atoms with Crippen LogP contribution in [0.25, 0.3) is 12.2 Å². The van der Waals surface area contributed by atoms with Gasteiger partial charge in [-0.3, -0.25) is 9.11 Å². The number of rotatable bonds is 12. The highest BCUT2D eigenvalue weighted by Gasteiger charge is 2.19. The lowest BCUT2D eigenvalue weighted by Crippen LogP contribution is -2.05. The lowest BCUT2D eigenvalue weighted by Gasteiger charge is -2.11. The number of ether oxygens (including phenoxy) is 2. The zero-order chi connectivity index (χ0) is 36.9. The van der Waals surface area contributed by atoms with Gasteiger partial charge in [-0.05, 0) is 82.9 Å². The summed E-state index contributed by atoms with van der Waals surface area (Å²) in [6, 6.07) is 24.7. The summed E-state index contributed by atoms with van der Waals surface area (Å²) >= 11 is 12.1. The summed E-state index contributed by atoms with van der Waals surface area (Å²) in [6.07, 6.45) is 2.46. The van der Waals surface area contributed by atoms with Gasteiger partial charge in [0, 0.05) is 11.4 Å². The van der Waals surface area contributed by atoms with Crippen molar-refractivity contribution in [2.75, 3.05) is 10.6 Å². The monoisotopic (exact) mass is 780 g/mol. The molecular formula is C32H22Cl2N8O8S2. The molecule has 2 heterocycles. The molecule has 4 aromatic carbocycles. The average molecular weight is 782 g/mol. The van der Waals surface area contributed by atoms with Crippen LogP contribution < -0.4 is 20.1 Å². The maximum Gasteiger partial charge on any atom is 0.328 e. The van der Waals surface area contributed by atoms with E-state index in [2.05, 4.69) is 40.5 Å². The number of benzene rings is 4. The second kappa shape index (κ2) is 15.2. The minimum atomic E-state index is -4.83. The van der Waals surface area contributed by atoms with E-state index in [4.69, 9.17) is 32.7 Å². The van der Waals surface area contributed by atoms with Crippen LogP contribution in [0.1, 0.15) is 11.1 Å². The topological polar surface area (TPSA) is 229 Å². The van der Waals surface area contributed by atoms with Crippen molar-refractivity contribution < 1.29 is 35.4 Å². The zero-order valence-corrected chi connectivity index (χ0v) is 29.1. The maximum atomic E-state index is 12.4. The standard InChI is InChI=1S/C32H22Cl2N8O8S2/c33-27-37-29(41-31(39-27)49-23-7-3-1-4-8-23)35-21-15-13-19(25(17-21)51(43,44)45)11-12-20-14-16-22(18-26(20)52(46,47)48)36-30-38-28(34)40-32(42-30)50-24-9-5-2-6-10-24/h1-18H,(H,43,44,45)(H,46,47,48)(H,35,37,39,41)(H,36,38,40,42). The molecule has 0 radical (unpaired) electrons. The van der Waals surface area contributed by atoms with E-state index in [1.807, 2.05) is 0 Å². The first-order chi connectivity index (χ1) is 24.8. The third kappa shape index (κ3) is 9.51. The summed E-state index contributed by atoms with van der Waals surface area (Å²) in [6.45, 7) is 0. The maximum absolute atomic E-state index is 12.4. The first-order valence-corrected chi connectivity index (χ1v) is 18.2. The van der Waals surface area contributed by atoms with Crippen LogP contribution in [0.2, 0.25) is 10.6 Å². The van der Waals surface area contributed by atoms with Gasteiger partial charge in [-0.25, -0.2) is 0 Å². The van der Waals surface area contributed by atoms with E-state index in [1.165, 1.54) is 36.4 Å². The highest BCUT2D eigenvalue weighted by atomic mass is 35.5. The molecule has 52 heavy (non-hydrogen) atoms. The molecule has 0 unspecified atom stereocenters. The van der Waals surface area contributed by atoms with Crippen molar-refractivity contribution in [1.29, 1.82) is 0 Å². The molecule has 6 rings (SSSR count). The number of hydrogen-bond acceptors (Lipinski definition) is 14. The molecule has 16 nitrogen and oxygen atoms in total. The molecule has 0 saturated heterocycles. The summed E-state index contributed by atoms with van der Waals surface area (Å²) in [5.41, 5.74) is 0.179. The summed E-state index contributed by atoms with van der Waals surface area (Å²) in [7, 11) is -9.66. The van der Waals surface area contributed by atoms with Crippen molar-refractivity contribution in [1.82, 2.24) is 29.9 Å². The lowest BCUT2D eigenvalue weighted by molar-refractivity contribution is 0.440. The Labute approximate surface area is 305 Å². The predicted octanol–water partition coefficient (Wildman–Crippen LogP) is 7.10. The quantitative estimate of drug-likeness (QED) is 0.0717. The molecule has 0 saturated carbocycles. The number of nitrogens with zero attached hydrogens (tertiary/aromatic N) is 6. The van der Waals surface area contributed by atoms with Gasteiger partial charge in [-0.15, -0.1) is 0 Å². The Morgan fingerprint density at radius 1 is 0.538 bits per heavy atom. The molecule has 2 aromatic heterocycles. The van der Waals surface area contributed by atoms with Gasteiger partial charge in [0.1, 0.15) is 21.3 Å². The van der Waals surface area contributed by atoms with Crippen LogP contribution >= 0.6 is 23.2 Å². The summed E-state index contributed by atoms with van der Waals surface area (Å²) < 4.78 is 80.9. The van der Waals surface area contributed by atoms with Crippen LogP contribution in [0, 0.1) is 0 Å². The van der Waals surface area contributed by atoms with E-state index >= 15 is 0 Å². The Balaban J connectivity index is 1.25. The van der Waals surface area contributed by atoms with Gasteiger partial charge in [-0.1, -0.05) is 60.7 Å². The third-order valence-electron chi connectivity index (χ3n) is 6.62. The molecule has 0 amide bonds. The van der Waals surface area contributed by atoms with Crippen molar-refractivity contribution in [2.45, 2.75) is 9.79 Å². The van der Waals surface area contributed by atoms with Crippen LogP contribution in [0.15, 0.2) is 107 Å². The van der Waals surface area contributed by atoms with Gasteiger partial charge < -0.3 is 20.1 Å². The Hall–Kier alpha value is -5.76. The van der Waals surface area contributed by atoms with E-state index in [1.54, 1.807) is 60.7 Å². The summed E-state index contributed by atoms with van der Waals surface area (Å²) in [5.74, 6) is 0.668. The molecule has 264 valence electrons. The number of anilines is 4. The molecule has 20 heteroatoms. The highest BCUT2D eigenvalue weighted by molar-refractivity contribution is 7.86. The second-order valence-electron chi connectivity index (χ2n) is 10.3. The SMILES string of the molecule is O=S(=O)(O)c1cc(Nc2nc(Cl)nc(Oc3ccccc3)n2)ccc1C=Cc1ccc(Nc2nc(Cl)nc(Oc3ccccc3)n2)cc1S(=O)(=O)O. The largest absolute Gasteiger partial charge is 0.424 e. The predicted molar refractivity (Wildman–Crippen MR) is 191 cm³/mol. The van der Waals surface area contributed by atoms with Gasteiger partial charge in [0.05, 0.1) is 0 Å². The Bertz CT molecular complexity index is 2340. The number of hydrogen-bond donors (Lipinski definition) is 4. The highest BCUT2D eigenvalue weighted by Crippen LogP contribution is 2.29. The van der Waals surface area contributed by atoms with Gasteiger partial charge in [0.2, 0.25) is 22.5 Å². The van der Waals surface area contributed by atoms with Crippen molar-refractivity contribution in [3.05, 3.63) is 119 Å². The molecule has 0 aliphatic heterocycles. The molecule has 0 aliphatic rings. The lowest BCUT2D eigenvalue weighted by atomic mass is 10.1. The van der Waals surface area contributed by atoms with Crippen molar-refractivity contribution in [3.8, 4) is 23.5 Å². The normalized spacial score (nSPS) is 11.7. The van der Waals surface area contributed by atoms with Crippen LogP contribution in [0.5, 0.6) is 23.5 Å². The fraction of sp³-hybridized carbons (Fsp3) is 0. The summed E-state index contributed by atoms with van der Waals surface area (Å²) in [5, 5.41) is 5.14. The van der Waals surface area contributed by atoms with Gasteiger partial charge in [0.15, 0.2) is 0 Å². The number of halogens is 2. The van der Waals surface area contributed by atoms with E-state index in [0.717, 1.165) is 12.1 Å².